The Morgan fingerprint density at radius 1 is 1.19 bits per heavy atom. The van der Waals surface area contributed by atoms with Crippen molar-refractivity contribution in [2.45, 2.75) is 69.1 Å². The summed E-state index contributed by atoms with van der Waals surface area (Å²) in [4.78, 5) is 39.3. The summed E-state index contributed by atoms with van der Waals surface area (Å²) in [6.07, 6.45) is 5.03. The van der Waals surface area contributed by atoms with Crippen molar-refractivity contribution in [2.75, 3.05) is 6.54 Å². The second-order valence-electron chi connectivity index (χ2n) is 8.58. The van der Waals surface area contributed by atoms with Crippen molar-refractivity contribution in [3.05, 3.63) is 29.8 Å². The number of nitrogens with one attached hydrogen (secondary N) is 1. The molecule has 0 unspecified atom stereocenters. The highest BCUT2D eigenvalue weighted by Crippen LogP contribution is 2.44. The number of nitrogens with zero attached hydrogens (tertiary/aromatic N) is 2. The second-order valence-corrected chi connectivity index (χ2v) is 8.58. The van der Waals surface area contributed by atoms with Crippen LogP contribution in [-0.4, -0.2) is 57.1 Å². The highest BCUT2D eigenvalue weighted by Gasteiger charge is 2.48. The van der Waals surface area contributed by atoms with Crippen molar-refractivity contribution in [2.24, 2.45) is 5.92 Å². The van der Waals surface area contributed by atoms with E-state index in [4.69, 9.17) is 9.90 Å². The molecule has 176 valence electrons. The minimum absolute atomic E-state index is 0.00280. The molecule has 4 rings (SSSR count). The van der Waals surface area contributed by atoms with Crippen LogP contribution < -0.4 is 5.32 Å². The maximum absolute atomic E-state index is 13.7. The summed E-state index contributed by atoms with van der Waals surface area (Å²) in [7, 11) is 0. The van der Waals surface area contributed by atoms with E-state index in [-0.39, 0.29) is 23.1 Å². The van der Waals surface area contributed by atoms with Crippen LogP contribution in [0.5, 0.6) is 0 Å². The molecule has 1 aliphatic heterocycles. The number of carboxylic acid groups (broad SMARTS) is 1. The van der Waals surface area contributed by atoms with E-state index >= 15 is 0 Å². The molecule has 0 radical (unpaired) electrons. The fraction of sp³-hybridized carbons (Fsp3) is 0.619. The molecular formula is C21H25F4N3O4. The van der Waals surface area contributed by atoms with Gasteiger partial charge in [-0.1, -0.05) is 0 Å². The number of aliphatic carboxylic acids is 1. The van der Waals surface area contributed by atoms with Crippen LogP contribution >= 0.6 is 0 Å². The van der Waals surface area contributed by atoms with Crippen LogP contribution in [0.2, 0.25) is 0 Å². The lowest BCUT2D eigenvalue weighted by Crippen LogP contribution is -2.51. The van der Waals surface area contributed by atoms with E-state index < -0.39 is 18.0 Å². The first-order valence-electron chi connectivity index (χ1n) is 10.5. The zero-order valence-corrected chi connectivity index (χ0v) is 17.3. The van der Waals surface area contributed by atoms with Crippen molar-refractivity contribution in [1.29, 1.82) is 0 Å². The van der Waals surface area contributed by atoms with Crippen molar-refractivity contribution in [1.82, 2.24) is 15.2 Å². The van der Waals surface area contributed by atoms with E-state index in [0.29, 0.717) is 18.2 Å². The fourth-order valence-electron chi connectivity index (χ4n) is 4.37. The minimum Gasteiger partial charge on any atom is -0.475 e. The average Bonchev–Trinajstić information content (AvgIpc) is 3.51. The number of likely N-dealkylation sites (tertiary alicyclic amines) is 1. The van der Waals surface area contributed by atoms with Crippen LogP contribution in [0.25, 0.3) is 0 Å². The molecule has 2 amide bonds. The Morgan fingerprint density at radius 3 is 2.34 bits per heavy atom. The quantitative estimate of drug-likeness (QED) is 0.674. The first-order chi connectivity index (χ1) is 15.0. The van der Waals surface area contributed by atoms with Gasteiger partial charge in [0.15, 0.2) is 5.82 Å². The number of hydrogen-bond acceptors (Lipinski definition) is 4. The maximum Gasteiger partial charge on any atom is 0.490 e. The van der Waals surface area contributed by atoms with E-state index in [9.17, 15) is 27.2 Å². The maximum atomic E-state index is 13.7. The summed E-state index contributed by atoms with van der Waals surface area (Å²) in [6, 6.07) is 1.45. The molecule has 2 aliphatic carbocycles. The van der Waals surface area contributed by atoms with Gasteiger partial charge in [0, 0.05) is 30.7 Å². The standard InChI is InChI=1S/C19H24FN3O2.C2HF3O2/c20-16-11-21-10-6-15(16)18(25)22-14-3-7-19(8-4-14)9-5-17(24)23(19)12-13-1-2-13;3-2(4,5)1(6)7/h6,10-11,13-14H,1-5,7-9,12H2,(H,22,25);(H,6,7). The van der Waals surface area contributed by atoms with Gasteiger partial charge in [-0.15, -0.1) is 0 Å². The Kier molecular flexibility index (Phi) is 7.04. The molecule has 3 aliphatic rings. The highest BCUT2D eigenvalue weighted by molar-refractivity contribution is 5.94. The number of carboxylic acids is 1. The lowest BCUT2D eigenvalue weighted by atomic mass is 9.77. The van der Waals surface area contributed by atoms with Gasteiger partial charge in [-0.2, -0.15) is 13.2 Å². The number of aromatic nitrogens is 1. The van der Waals surface area contributed by atoms with E-state index in [0.717, 1.165) is 44.8 Å². The molecule has 1 spiro atoms. The predicted molar refractivity (Wildman–Crippen MR) is 104 cm³/mol. The molecule has 1 aromatic rings. The van der Waals surface area contributed by atoms with Crippen molar-refractivity contribution < 1.29 is 37.1 Å². The summed E-state index contributed by atoms with van der Waals surface area (Å²) >= 11 is 0. The summed E-state index contributed by atoms with van der Waals surface area (Å²) in [5.74, 6) is -2.73. The first kappa shape index (κ1) is 23.9. The SMILES string of the molecule is O=C(NC1CCC2(CCC(=O)N2CC2CC2)CC1)c1ccncc1F.O=C(O)C(F)(F)F. The van der Waals surface area contributed by atoms with E-state index in [1.54, 1.807) is 0 Å². The first-order valence-corrected chi connectivity index (χ1v) is 10.5. The highest BCUT2D eigenvalue weighted by atomic mass is 19.4. The normalized spacial score (nSPS) is 25.3. The number of rotatable bonds is 4. The van der Waals surface area contributed by atoms with Gasteiger partial charge in [-0.05, 0) is 56.9 Å². The summed E-state index contributed by atoms with van der Waals surface area (Å²) in [5.41, 5.74) is 0.0460. The molecule has 32 heavy (non-hydrogen) atoms. The summed E-state index contributed by atoms with van der Waals surface area (Å²) < 4.78 is 45.4. The molecule has 1 saturated heterocycles. The monoisotopic (exact) mass is 459 g/mol. The van der Waals surface area contributed by atoms with Gasteiger partial charge < -0.3 is 15.3 Å². The third-order valence-corrected chi connectivity index (χ3v) is 6.33. The predicted octanol–water partition coefficient (Wildman–Crippen LogP) is 3.30. The van der Waals surface area contributed by atoms with Crippen LogP contribution in [0, 0.1) is 11.7 Å². The summed E-state index contributed by atoms with van der Waals surface area (Å²) in [6.45, 7) is 0.915. The molecule has 11 heteroatoms. The molecule has 0 atom stereocenters. The lowest BCUT2D eigenvalue weighted by molar-refractivity contribution is -0.192. The molecule has 0 aromatic carbocycles. The zero-order chi connectivity index (χ0) is 23.5. The van der Waals surface area contributed by atoms with Gasteiger partial charge in [-0.25, -0.2) is 9.18 Å². The number of amides is 2. The van der Waals surface area contributed by atoms with E-state index in [2.05, 4.69) is 15.2 Å². The lowest BCUT2D eigenvalue weighted by Gasteiger charge is -2.44. The van der Waals surface area contributed by atoms with Crippen LogP contribution in [0.15, 0.2) is 18.5 Å². The van der Waals surface area contributed by atoms with Gasteiger partial charge in [0.05, 0.1) is 11.8 Å². The number of alkyl halides is 3. The van der Waals surface area contributed by atoms with Crippen molar-refractivity contribution in [3.63, 3.8) is 0 Å². The Hall–Kier alpha value is -2.72. The number of halogens is 4. The van der Waals surface area contributed by atoms with Crippen LogP contribution in [-0.2, 0) is 9.59 Å². The third kappa shape index (κ3) is 5.74. The van der Waals surface area contributed by atoms with Gasteiger partial charge in [0.25, 0.3) is 5.91 Å². The van der Waals surface area contributed by atoms with Gasteiger partial charge in [-0.3, -0.25) is 14.6 Å². The van der Waals surface area contributed by atoms with Crippen LogP contribution in [0.3, 0.4) is 0 Å². The van der Waals surface area contributed by atoms with Crippen molar-refractivity contribution >= 4 is 17.8 Å². The third-order valence-electron chi connectivity index (χ3n) is 6.33. The van der Waals surface area contributed by atoms with Crippen LogP contribution in [0.1, 0.15) is 61.7 Å². The summed E-state index contributed by atoms with van der Waals surface area (Å²) in [5, 5.41) is 10.1. The molecule has 2 saturated carbocycles. The molecule has 2 N–H and O–H groups in total. The van der Waals surface area contributed by atoms with Crippen LogP contribution in [0.4, 0.5) is 17.6 Å². The number of hydrogen-bond donors (Lipinski definition) is 2. The van der Waals surface area contributed by atoms with Gasteiger partial charge in [0.2, 0.25) is 5.91 Å². The Morgan fingerprint density at radius 2 is 1.81 bits per heavy atom. The molecule has 1 aromatic heterocycles. The zero-order valence-electron chi connectivity index (χ0n) is 17.3. The second kappa shape index (κ2) is 9.41. The van der Waals surface area contributed by atoms with E-state index in [1.807, 2.05) is 0 Å². The number of carbonyl (C=O) groups excluding carboxylic acids is 2. The molecule has 2 heterocycles. The number of pyridine rings is 1. The van der Waals surface area contributed by atoms with Gasteiger partial charge >= 0.3 is 12.1 Å². The van der Waals surface area contributed by atoms with E-state index in [1.165, 1.54) is 25.1 Å². The molecule has 7 nitrogen and oxygen atoms in total. The minimum atomic E-state index is -5.08. The molecule has 3 fully saturated rings. The van der Waals surface area contributed by atoms with Gasteiger partial charge in [0.1, 0.15) is 0 Å². The topological polar surface area (TPSA) is 99.6 Å². The molecule has 0 bridgehead atoms. The smallest absolute Gasteiger partial charge is 0.475 e. The Bertz CT molecular complexity index is 865. The average molecular weight is 459 g/mol. The van der Waals surface area contributed by atoms with Crippen molar-refractivity contribution in [3.8, 4) is 0 Å². The fourth-order valence-corrected chi connectivity index (χ4v) is 4.37. The Balaban J connectivity index is 0.000000360. The number of carbonyl (C=O) groups is 3. The molecular weight excluding hydrogens is 434 g/mol. The Labute approximate surface area is 182 Å². The largest absolute Gasteiger partial charge is 0.490 e.